The van der Waals surface area contributed by atoms with E-state index in [1.807, 2.05) is 0 Å². The minimum absolute atomic E-state index is 0.501. The summed E-state index contributed by atoms with van der Waals surface area (Å²) in [5, 5.41) is 7.48. The zero-order valence-corrected chi connectivity index (χ0v) is 34.7. The molecule has 1 aliphatic carbocycles. The molecule has 0 bridgehead atoms. The summed E-state index contributed by atoms with van der Waals surface area (Å²) in [6.45, 7) is 0. The molecule has 12 aromatic rings. The van der Waals surface area contributed by atoms with Crippen LogP contribution in [0.15, 0.2) is 224 Å². The van der Waals surface area contributed by atoms with E-state index in [2.05, 4.69) is 229 Å². The number of hydrogen-bond acceptors (Lipinski definition) is 2. The van der Waals surface area contributed by atoms with Crippen LogP contribution < -0.4 is 0 Å². The lowest BCUT2D eigenvalue weighted by Crippen LogP contribution is -2.33. The quantitative estimate of drug-likeness (QED) is 0.166. The topological polar surface area (TPSA) is 30.7 Å². The highest BCUT2D eigenvalue weighted by Gasteiger charge is 2.50. The van der Waals surface area contributed by atoms with Gasteiger partial charge in [-0.1, -0.05) is 194 Å². The smallest absolute Gasteiger partial charge is 0.161 e. The van der Waals surface area contributed by atoms with Gasteiger partial charge in [0.2, 0.25) is 0 Å². The first-order valence-electron chi connectivity index (χ1n) is 22.1. The van der Waals surface area contributed by atoms with Crippen LogP contribution in [0.2, 0.25) is 0 Å². The molecule has 1 aliphatic heterocycles. The van der Waals surface area contributed by atoms with Gasteiger partial charge in [0, 0.05) is 27.5 Å². The predicted octanol–water partition coefficient (Wildman–Crippen LogP) is 15.2. The van der Waals surface area contributed by atoms with Crippen molar-refractivity contribution in [2.45, 2.75) is 5.41 Å². The molecule has 1 atom stereocenters. The predicted molar refractivity (Wildman–Crippen MR) is 264 cm³/mol. The maximum Gasteiger partial charge on any atom is 0.161 e. The van der Waals surface area contributed by atoms with Crippen molar-refractivity contribution in [1.82, 2.24) is 14.5 Å². The van der Waals surface area contributed by atoms with Gasteiger partial charge in [-0.2, -0.15) is 0 Å². The highest BCUT2D eigenvalue weighted by Crippen LogP contribution is 2.61. The maximum atomic E-state index is 5.40. The molecule has 3 heteroatoms. The zero-order valence-electron chi connectivity index (χ0n) is 34.7. The Morgan fingerprint density at radius 1 is 0.328 bits per heavy atom. The van der Waals surface area contributed by atoms with Crippen LogP contribution in [0.4, 0.5) is 0 Å². The van der Waals surface area contributed by atoms with Crippen molar-refractivity contribution in [3.8, 4) is 61.8 Å². The summed E-state index contributed by atoms with van der Waals surface area (Å²) >= 11 is 0. The van der Waals surface area contributed by atoms with E-state index in [1.165, 1.54) is 82.4 Å². The second kappa shape index (κ2) is 13.3. The Morgan fingerprint density at radius 2 is 0.953 bits per heavy atom. The number of rotatable bonds is 4. The summed E-state index contributed by atoms with van der Waals surface area (Å²) in [5.74, 6) is 0.698. The Kier molecular flexibility index (Phi) is 7.32. The van der Waals surface area contributed by atoms with E-state index in [-0.39, 0.29) is 0 Å². The molecule has 0 saturated carbocycles. The van der Waals surface area contributed by atoms with Crippen LogP contribution in [0.25, 0.3) is 105 Å². The highest BCUT2D eigenvalue weighted by molar-refractivity contribution is 6.13. The molecule has 0 N–H and O–H groups in total. The van der Waals surface area contributed by atoms with E-state index in [0.29, 0.717) is 5.82 Å². The van der Waals surface area contributed by atoms with Gasteiger partial charge in [0.25, 0.3) is 0 Å². The number of nitrogens with zero attached hydrogens (tertiary/aromatic N) is 3. The van der Waals surface area contributed by atoms with E-state index < -0.39 is 5.41 Å². The summed E-state index contributed by atoms with van der Waals surface area (Å²) in [4.78, 5) is 10.7. The Bertz CT molecular complexity index is 3920. The largest absolute Gasteiger partial charge is 0.309 e. The molecule has 14 rings (SSSR count). The third-order valence-corrected chi connectivity index (χ3v) is 14.0. The first-order valence-corrected chi connectivity index (χ1v) is 22.1. The number of fused-ring (bicyclic) bond motifs is 15. The van der Waals surface area contributed by atoms with Gasteiger partial charge in [-0.25, -0.2) is 9.97 Å². The lowest BCUT2D eigenvalue weighted by molar-refractivity contribution is 0.748. The minimum Gasteiger partial charge on any atom is -0.309 e. The van der Waals surface area contributed by atoms with Crippen LogP contribution >= 0.6 is 0 Å². The Balaban J connectivity index is 0.972. The lowest BCUT2D eigenvalue weighted by Gasteiger charge is -2.39. The summed E-state index contributed by atoms with van der Waals surface area (Å²) in [6, 6.07) is 82.0. The third kappa shape index (κ3) is 4.81. The van der Waals surface area contributed by atoms with Crippen LogP contribution in [0.5, 0.6) is 0 Å². The van der Waals surface area contributed by atoms with E-state index in [4.69, 9.17) is 9.97 Å². The van der Waals surface area contributed by atoms with Crippen molar-refractivity contribution in [2.75, 3.05) is 0 Å². The number of benzene rings is 10. The molecule has 10 aromatic carbocycles. The van der Waals surface area contributed by atoms with Crippen LogP contribution in [-0.2, 0) is 5.41 Å². The van der Waals surface area contributed by atoms with Gasteiger partial charge in [0.1, 0.15) is 0 Å². The van der Waals surface area contributed by atoms with Crippen molar-refractivity contribution in [1.29, 1.82) is 0 Å². The standard InChI is InChI=1S/C61H37N3/c1-2-16-39(17-3-1)55-37-56(42-31-33-45-40(35-42)30-29-38-15-4-5-18-43(38)45)63-60(62-55)49-22-7-6-19-44(49)41-32-34-52-50(36-41)46-20-8-10-24-51(46)61(52)53-25-11-13-28-58(53)64-57-27-12-9-21-47(57)48-23-14-26-54(61)59(48)64/h1-37H. The number of hydrogen-bond donors (Lipinski definition) is 0. The number of para-hydroxylation sites is 3. The molecule has 3 heterocycles. The second-order valence-electron chi connectivity index (χ2n) is 17.2. The molecule has 296 valence electrons. The van der Waals surface area contributed by atoms with Crippen molar-refractivity contribution in [3.05, 3.63) is 247 Å². The molecular weight excluding hydrogens is 775 g/mol. The molecular formula is C61H37N3. The normalized spacial score (nSPS) is 14.6. The molecule has 2 aromatic heterocycles. The molecule has 1 spiro atoms. The fourth-order valence-corrected chi connectivity index (χ4v) is 11.3. The van der Waals surface area contributed by atoms with Crippen molar-refractivity contribution >= 4 is 43.4 Å². The minimum atomic E-state index is -0.501. The monoisotopic (exact) mass is 811 g/mol. The highest BCUT2D eigenvalue weighted by atomic mass is 15.0. The summed E-state index contributed by atoms with van der Waals surface area (Å²) in [6.07, 6.45) is 0. The zero-order chi connectivity index (χ0) is 41.9. The van der Waals surface area contributed by atoms with Gasteiger partial charge in [0.15, 0.2) is 5.82 Å². The Morgan fingerprint density at radius 3 is 1.84 bits per heavy atom. The van der Waals surface area contributed by atoms with Crippen molar-refractivity contribution < 1.29 is 0 Å². The van der Waals surface area contributed by atoms with E-state index in [1.54, 1.807) is 0 Å². The molecule has 1 unspecified atom stereocenters. The third-order valence-electron chi connectivity index (χ3n) is 14.0. The van der Waals surface area contributed by atoms with Crippen LogP contribution in [-0.4, -0.2) is 14.5 Å². The van der Waals surface area contributed by atoms with Crippen LogP contribution in [0.3, 0.4) is 0 Å². The first kappa shape index (κ1) is 35.2. The fourth-order valence-electron chi connectivity index (χ4n) is 11.3. The summed E-state index contributed by atoms with van der Waals surface area (Å²) < 4.78 is 2.50. The molecule has 64 heavy (non-hydrogen) atoms. The van der Waals surface area contributed by atoms with Gasteiger partial charge in [-0.15, -0.1) is 0 Å². The number of aromatic nitrogens is 3. The van der Waals surface area contributed by atoms with Crippen molar-refractivity contribution in [2.24, 2.45) is 0 Å². The SMILES string of the molecule is c1ccc(-c2cc(-c3ccc4c(ccc5ccccc54)c3)nc(-c3ccccc3-c3ccc4c(c3)-c3ccccc3C43c4ccccc4-n4c5ccccc5c5cccc3c54)n2)cc1. The van der Waals surface area contributed by atoms with Crippen molar-refractivity contribution in [3.63, 3.8) is 0 Å². The fraction of sp³-hybridized carbons (Fsp3) is 0.0164. The van der Waals surface area contributed by atoms with E-state index in [0.717, 1.165) is 39.2 Å². The van der Waals surface area contributed by atoms with Gasteiger partial charge in [-0.05, 0) is 96.4 Å². The molecule has 0 radical (unpaired) electrons. The maximum absolute atomic E-state index is 5.40. The van der Waals surface area contributed by atoms with Gasteiger partial charge in [0.05, 0.1) is 33.5 Å². The first-order chi connectivity index (χ1) is 31.7. The van der Waals surface area contributed by atoms with Gasteiger partial charge in [-0.3, -0.25) is 0 Å². The summed E-state index contributed by atoms with van der Waals surface area (Å²) in [7, 11) is 0. The van der Waals surface area contributed by atoms with Crippen LogP contribution in [0, 0.1) is 0 Å². The molecule has 0 saturated heterocycles. The average molecular weight is 812 g/mol. The Hall–Kier alpha value is -8.40. The van der Waals surface area contributed by atoms with E-state index in [9.17, 15) is 0 Å². The van der Waals surface area contributed by atoms with Gasteiger partial charge < -0.3 is 4.57 Å². The average Bonchev–Trinajstić information content (AvgIpc) is 3.86. The molecule has 2 aliphatic rings. The summed E-state index contributed by atoms with van der Waals surface area (Å²) in [5.41, 5.74) is 18.1. The van der Waals surface area contributed by atoms with E-state index >= 15 is 0 Å². The van der Waals surface area contributed by atoms with Crippen LogP contribution in [0.1, 0.15) is 22.3 Å². The molecule has 0 amide bonds. The Labute approximate surface area is 370 Å². The molecule has 0 fully saturated rings. The second-order valence-corrected chi connectivity index (χ2v) is 17.2. The molecule has 3 nitrogen and oxygen atoms in total. The van der Waals surface area contributed by atoms with Gasteiger partial charge >= 0.3 is 0 Å². The lowest BCUT2D eigenvalue weighted by atomic mass is 9.65.